The minimum Gasteiger partial charge on any atom is -0.271 e. The molecule has 1 saturated carbocycles. The van der Waals surface area contributed by atoms with E-state index in [2.05, 4.69) is 43.5 Å². The molecule has 3 N–H and O–H groups in total. The summed E-state index contributed by atoms with van der Waals surface area (Å²) >= 11 is 0. The molecule has 17 heavy (non-hydrogen) atoms. The summed E-state index contributed by atoms with van der Waals surface area (Å²) in [6.07, 6.45) is 5.30. The minimum absolute atomic E-state index is 0.327. The fourth-order valence-electron chi connectivity index (χ4n) is 3.20. The van der Waals surface area contributed by atoms with Crippen LogP contribution in [0, 0.1) is 18.8 Å². The topological polar surface area (TPSA) is 38.0 Å². The molecule has 0 radical (unpaired) electrons. The summed E-state index contributed by atoms with van der Waals surface area (Å²) in [6, 6.07) is 8.91. The first-order valence-electron chi connectivity index (χ1n) is 6.78. The quantitative estimate of drug-likeness (QED) is 0.617. The van der Waals surface area contributed by atoms with Crippen molar-refractivity contribution in [2.75, 3.05) is 0 Å². The van der Waals surface area contributed by atoms with Gasteiger partial charge in [-0.1, -0.05) is 44.0 Å². The van der Waals surface area contributed by atoms with E-state index >= 15 is 0 Å². The maximum atomic E-state index is 5.79. The second kappa shape index (κ2) is 5.65. The number of benzene rings is 1. The highest BCUT2D eigenvalue weighted by Gasteiger charge is 2.30. The van der Waals surface area contributed by atoms with Crippen molar-refractivity contribution in [2.24, 2.45) is 17.7 Å². The fourth-order valence-corrected chi connectivity index (χ4v) is 3.20. The molecule has 1 aliphatic rings. The monoisotopic (exact) mass is 232 g/mol. The highest BCUT2D eigenvalue weighted by atomic mass is 15.2. The van der Waals surface area contributed by atoms with Gasteiger partial charge in [0, 0.05) is 6.04 Å². The maximum absolute atomic E-state index is 5.79. The van der Waals surface area contributed by atoms with Crippen LogP contribution in [-0.2, 0) is 0 Å². The maximum Gasteiger partial charge on any atom is 0.0490 e. The molecule has 0 amide bonds. The van der Waals surface area contributed by atoms with Crippen LogP contribution in [0.2, 0.25) is 0 Å². The molecule has 1 aliphatic carbocycles. The third kappa shape index (κ3) is 2.70. The molecule has 1 aromatic carbocycles. The first-order chi connectivity index (χ1) is 8.26. The lowest BCUT2D eigenvalue weighted by molar-refractivity contribution is 0.357. The zero-order valence-electron chi connectivity index (χ0n) is 10.9. The van der Waals surface area contributed by atoms with Crippen molar-refractivity contribution < 1.29 is 0 Å². The molecule has 0 spiro atoms. The van der Waals surface area contributed by atoms with E-state index < -0.39 is 0 Å². The zero-order valence-corrected chi connectivity index (χ0v) is 10.9. The average Bonchev–Trinajstić information content (AvgIpc) is 2.81. The van der Waals surface area contributed by atoms with Gasteiger partial charge in [0.1, 0.15) is 0 Å². The molecule has 0 aromatic heterocycles. The van der Waals surface area contributed by atoms with Crippen molar-refractivity contribution in [3.05, 3.63) is 35.4 Å². The van der Waals surface area contributed by atoms with E-state index in [0.29, 0.717) is 12.0 Å². The summed E-state index contributed by atoms with van der Waals surface area (Å²) in [4.78, 5) is 0. The second-order valence-corrected chi connectivity index (χ2v) is 5.35. The molecule has 1 aromatic rings. The number of nitrogens with two attached hydrogens (primary N) is 1. The zero-order chi connectivity index (χ0) is 12.3. The van der Waals surface area contributed by atoms with E-state index in [1.54, 1.807) is 0 Å². The predicted octanol–water partition coefficient (Wildman–Crippen LogP) is 3.33. The lowest BCUT2D eigenvalue weighted by atomic mass is 9.89. The van der Waals surface area contributed by atoms with Crippen molar-refractivity contribution in [3.63, 3.8) is 0 Å². The Morgan fingerprint density at radius 2 is 2.12 bits per heavy atom. The minimum atomic E-state index is 0.327. The lowest BCUT2D eigenvalue weighted by Crippen LogP contribution is -2.33. The third-order valence-corrected chi connectivity index (χ3v) is 4.33. The highest BCUT2D eigenvalue weighted by molar-refractivity contribution is 5.29. The molecule has 2 nitrogen and oxygen atoms in total. The van der Waals surface area contributed by atoms with Gasteiger partial charge in [-0.05, 0) is 42.7 Å². The van der Waals surface area contributed by atoms with Crippen molar-refractivity contribution in [1.82, 2.24) is 5.43 Å². The Kier molecular flexibility index (Phi) is 4.19. The van der Waals surface area contributed by atoms with Crippen molar-refractivity contribution >= 4 is 0 Å². The average molecular weight is 232 g/mol. The van der Waals surface area contributed by atoms with E-state index in [9.17, 15) is 0 Å². The summed E-state index contributed by atoms with van der Waals surface area (Å²) in [6.45, 7) is 4.47. The van der Waals surface area contributed by atoms with E-state index in [1.165, 1.54) is 36.8 Å². The molecule has 3 atom stereocenters. The van der Waals surface area contributed by atoms with Gasteiger partial charge in [-0.2, -0.15) is 0 Å². The van der Waals surface area contributed by atoms with Crippen LogP contribution in [0.5, 0.6) is 0 Å². The van der Waals surface area contributed by atoms with Crippen LogP contribution < -0.4 is 11.3 Å². The number of nitrogens with one attached hydrogen (secondary N) is 1. The predicted molar refractivity (Wildman–Crippen MR) is 72.4 cm³/mol. The van der Waals surface area contributed by atoms with Gasteiger partial charge in [0.15, 0.2) is 0 Å². The van der Waals surface area contributed by atoms with Crippen LogP contribution in [0.1, 0.15) is 49.8 Å². The lowest BCUT2D eigenvalue weighted by Gasteiger charge is -2.25. The summed E-state index contributed by atoms with van der Waals surface area (Å²) < 4.78 is 0. The SMILES string of the molecule is CCC1CCC(C(NN)c2ccccc2C)C1. The fraction of sp³-hybridized carbons (Fsp3) is 0.600. The van der Waals surface area contributed by atoms with Crippen LogP contribution >= 0.6 is 0 Å². The first kappa shape index (κ1) is 12.6. The van der Waals surface area contributed by atoms with Gasteiger partial charge in [0.05, 0.1) is 0 Å². The molecule has 0 saturated heterocycles. The van der Waals surface area contributed by atoms with Gasteiger partial charge < -0.3 is 0 Å². The van der Waals surface area contributed by atoms with Crippen LogP contribution in [-0.4, -0.2) is 0 Å². The molecule has 2 heteroatoms. The summed E-state index contributed by atoms with van der Waals surface area (Å²) in [5, 5.41) is 0. The molecule has 0 bridgehead atoms. The Morgan fingerprint density at radius 3 is 2.71 bits per heavy atom. The first-order valence-corrected chi connectivity index (χ1v) is 6.78. The molecular weight excluding hydrogens is 208 g/mol. The number of rotatable bonds is 4. The van der Waals surface area contributed by atoms with Gasteiger partial charge in [-0.3, -0.25) is 11.3 Å². The van der Waals surface area contributed by atoms with Gasteiger partial charge in [0.25, 0.3) is 0 Å². The summed E-state index contributed by atoms with van der Waals surface area (Å²) in [7, 11) is 0. The van der Waals surface area contributed by atoms with Crippen LogP contribution in [0.25, 0.3) is 0 Å². The Balaban J connectivity index is 2.15. The van der Waals surface area contributed by atoms with Crippen LogP contribution in [0.3, 0.4) is 0 Å². The molecule has 1 fully saturated rings. The second-order valence-electron chi connectivity index (χ2n) is 5.35. The van der Waals surface area contributed by atoms with Crippen molar-refractivity contribution in [1.29, 1.82) is 0 Å². The van der Waals surface area contributed by atoms with E-state index in [1.807, 2.05) is 0 Å². The standard InChI is InChI=1S/C15H24N2/c1-3-12-8-9-13(10-12)15(17-16)14-7-5-4-6-11(14)2/h4-7,12-13,15,17H,3,8-10,16H2,1-2H3. The van der Waals surface area contributed by atoms with Crippen LogP contribution in [0.4, 0.5) is 0 Å². The number of aryl methyl sites for hydroxylation is 1. The number of hydrogen-bond donors (Lipinski definition) is 2. The molecule has 2 rings (SSSR count). The van der Waals surface area contributed by atoms with Crippen molar-refractivity contribution in [3.8, 4) is 0 Å². The molecule has 3 unspecified atom stereocenters. The third-order valence-electron chi connectivity index (χ3n) is 4.33. The number of hydrazine groups is 1. The van der Waals surface area contributed by atoms with E-state index in [0.717, 1.165) is 5.92 Å². The molecule has 0 heterocycles. The van der Waals surface area contributed by atoms with Gasteiger partial charge >= 0.3 is 0 Å². The Bertz CT molecular complexity index is 362. The largest absolute Gasteiger partial charge is 0.271 e. The Labute approximate surface area is 105 Å². The van der Waals surface area contributed by atoms with E-state index in [4.69, 9.17) is 5.84 Å². The van der Waals surface area contributed by atoms with Crippen LogP contribution in [0.15, 0.2) is 24.3 Å². The van der Waals surface area contributed by atoms with Gasteiger partial charge in [0.2, 0.25) is 0 Å². The summed E-state index contributed by atoms with van der Waals surface area (Å²) in [5.41, 5.74) is 5.76. The molecule has 0 aliphatic heterocycles. The van der Waals surface area contributed by atoms with Gasteiger partial charge in [-0.15, -0.1) is 0 Å². The smallest absolute Gasteiger partial charge is 0.0490 e. The summed E-state index contributed by atoms with van der Waals surface area (Å²) in [5.74, 6) is 7.39. The Morgan fingerprint density at radius 1 is 1.35 bits per heavy atom. The van der Waals surface area contributed by atoms with E-state index in [-0.39, 0.29) is 0 Å². The highest BCUT2D eigenvalue weighted by Crippen LogP contribution is 2.40. The van der Waals surface area contributed by atoms with Gasteiger partial charge in [-0.25, -0.2) is 0 Å². The van der Waals surface area contributed by atoms with Crippen molar-refractivity contribution in [2.45, 2.75) is 45.6 Å². The Hall–Kier alpha value is -0.860. The normalized spacial score (nSPS) is 26.1. The molecular formula is C15H24N2. The number of hydrogen-bond acceptors (Lipinski definition) is 2. The molecule has 94 valence electrons.